The van der Waals surface area contributed by atoms with Crippen LogP contribution in [-0.2, 0) is 6.54 Å². The topological polar surface area (TPSA) is 18.8 Å². The van der Waals surface area contributed by atoms with Crippen LogP contribution in [0.3, 0.4) is 0 Å². The van der Waals surface area contributed by atoms with Gasteiger partial charge in [0.25, 0.3) is 0 Å². The van der Waals surface area contributed by atoms with E-state index in [4.69, 9.17) is 0 Å². The molecule has 3 rings (SSSR count). The van der Waals surface area contributed by atoms with Crippen molar-refractivity contribution in [3.05, 3.63) is 69.4 Å². The molecule has 126 valence electrons. The molecular formula is C19H21BrFN3. The van der Waals surface area contributed by atoms with Gasteiger partial charge in [0.1, 0.15) is 5.82 Å². The molecule has 0 atom stereocenters. The SMILES string of the molecule is Cc1ccc(CN2CCN(N=Cc3cc(Br)ccc3F)CC2)cc1. The van der Waals surface area contributed by atoms with Crippen LogP contribution in [0, 0.1) is 12.7 Å². The molecule has 0 N–H and O–H groups in total. The molecule has 1 fully saturated rings. The van der Waals surface area contributed by atoms with Gasteiger partial charge in [-0.05, 0) is 30.7 Å². The van der Waals surface area contributed by atoms with Crippen molar-refractivity contribution in [2.24, 2.45) is 5.10 Å². The lowest BCUT2D eigenvalue weighted by atomic mass is 10.1. The van der Waals surface area contributed by atoms with Crippen molar-refractivity contribution < 1.29 is 4.39 Å². The van der Waals surface area contributed by atoms with Crippen LogP contribution >= 0.6 is 15.9 Å². The molecule has 1 saturated heterocycles. The lowest BCUT2D eigenvalue weighted by molar-refractivity contribution is 0.131. The zero-order valence-corrected chi connectivity index (χ0v) is 15.3. The summed E-state index contributed by atoms with van der Waals surface area (Å²) in [6.07, 6.45) is 1.61. The summed E-state index contributed by atoms with van der Waals surface area (Å²) in [7, 11) is 0. The first-order chi connectivity index (χ1) is 11.6. The van der Waals surface area contributed by atoms with Crippen LogP contribution in [0.1, 0.15) is 16.7 Å². The fourth-order valence-corrected chi connectivity index (χ4v) is 3.10. The minimum absolute atomic E-state index is 0.250. The highest BCUT2D eigenvalue weighted by Crippen LogP contribution is 2.15. The molecule has 0 bridgehead atoms. The molecule has 24 heavy (non-hydrogen) atoms. The van der Waals surface area contributed by atoms with Crippen molar-refractivity contribution in [3.8, 4) is 0 Å². The van der Waals surface area contributed by atoms with Gasteiger partial charge in [-0.2, -0.15) is 5.10 Å². The highest BCUT2D eigenvalue weighted by molar-refractivity contribution is 9.10. The highest BCUT2D eigenvalue weighted by atomic mass is 79.9. The van der Waals surface area contributed by atoms with Crippen LogP contribution in [0.25, 0.3) is 0 Å². The third-order valence-electron chi connectivity index (χ3n) is 4.19. The number of hydrazone groups is 1. The third-order valence-corrected chi connectivity index (χ3v) is 4.69. The van der Waals surface area contributed by atoms with Crippen LogP contribution in [0.2, 0.25) is 0 Å². The number of nitrogens with zero attached hydrogens (tertiary/aromatic N) is 3. The fraction of sp³-hybridized carbons (Fsp3) is 0.316. The van der Waals surface area contributed by atoms with Crippen LogP contribution in [0.4, 0.5) is 4.39 Å². The first-order valence-electron chi connectivity index (χ1n) is 8.12. The first kappa shape index (κ1) is 17.1. The largest absolute Gasteiger partial charge is 0.295 e. The zero-order chi connectivity index (χ0) is 16.9. The van der Waals surface area contributed by atoms with Gasteiger partial charge in [-0.15, -0.1) is 0 Å². The minimum Gasteiger partial charge on any atom is -0.295 e. The van der Waals surface area contributed by atoms with Crippen LogP contribution in [0.5, 0.6) is 0 Å². The van der Waals surface area contributed by atoms with Gasteiger partial charge in [-0.3, -0.25) is 9.91 Å². The maximum Gasteiger partial charge on any atom is 0.132 e. The van der Waals surface area contributed by atoms with E-state index in [1.54, 1.807) is 18.3 Å². The van der Waals surface area contributed by atoms with E-state index in [0.29, 0.717) is 5.56 Å². The molecule has 1 heterocycles. The molecule has 0 saturated carbocycles. The van der Waals surface area contributed by atoms with Gasteiger partial charge in [-0.1, -0.05) is 45.8 Å². The Balaban J connectivity index is 1.52. The monoisotopic (exact) mass is 389 g/mol. The number of halogens is 2. The van der Waals surface area contributed by atoms with Gasteiger partial charge in [0.05, 0.1) is 6.21 Å². The van der Waals surface area contributed by atoms with Crippen molar-refractivity contribution in [3.63, 3.8) is 0 Å². The Kier molecular flexibility index (Phi) is 5.63. The molecule has 2 aromatic rings. The number of aryl methyl sites for hydroxylation is 1. The summed E-state index contributed by atoms with van der Waals surface area (Å²) >= 11 is 3.36. The maximum atomic E-state index is 13.7. The second-order valence-corrected chi connectivity index (χ2v) is 7.04. The van der Waals surface area contributed by atoms with E-state index in [-0.39, 0.29) is 5.82 Å². The van der Waals surface area contributed by atoms with Gasteiger partial charge < -0.3 is 0 Å². The predicted molar refractivity (Wildman–Crippen MR) is 99.7 cm³/mol. The first-order valence-corrected chi connectivity index (χ1v) is 8.91. The summed E-state index contributed by atoms with van der Waals surface area (Å²) in [5.41, 5.74) is 3.14. The number of hydrogen-bond acceptors (Lipinski definition) is 3. The standard InChI is InChI=1S/C19H21BrFN3/c1-15-2-4-16(5-3-15)14-23-8-10-24(11-9-23)22-13-17-12-18(20)6-7-19(17)21/h2-7,12-13H,8-11,14H2,1H3. The number of hydrogen-bond donors (Lipinski definition) is 0. The summed E-state index contributed by atoms with van der Waals surface area (Å²) in [4.78, 5) is 2.43. The van der Waals surface area contributed by atoms with Gasteiger partial charge in [-0.25, -0.2) is 4.39 Å². The molecule has 5 heteroatoms. The van der Waals surface area contributed by atoms with Gasteiger partial charge in [0.15, 0.2) is 0 Å². The zero-order valence-electron chi connectivity index (χ0n) is 13.8. The summed E-state index contributed by atoms with van der Waals surface area (Å²) in [6, 6.07) is 13.6. The molecule has 2 aromatic carbocycles. The van der Waals surface area contributed by atoms with Crippen molar-refractivity contribution in [2.45, 2.75) is 13.5 Å². The molecule has 0 aromatic heterocycles. The molecule has 1 aliphatic heterocycles. The fourth-order valence-electron chi connectivity index (χ4n) is 2.72. The van der Waals surface area contributed by atoms with Crippen molar-refractivity contribution in [1.82, 2.24) is 9.91 Å². The Labute approximate surface area is 150 Å². The number of rotatable bonds is 4. The Bertz CT molecular complexity index is 707. The second kappa shape index (κ2) is 7.90. The lowest BCUT2D eigenvalue weighted by Crippen LogP contribution is -2.43. The molecule has 0 aliphatic carbocycles. The molecule has 0 radical (unpaired) electrons. The van der Waals surface area contributed by atoms with E-state index >= 15 is 0 Å². The quantitative estimate of drug-likeness (QED) is 0.734. The number of piperazine rings is 1. The predicted octanol–water partition coefficient (Wildman–Crippen LogP) is 4.05. The minimum atomic E-state index is -0.250. The Morgan fingerprint density at radius 3 is 2.50 bits per heavy atom. The molecule has 0 amide bonds. The van der Waals surface area contributed by atoms with Gasteiger partial charge >= 0.3 is 0 Å². The average Bonchev–Trinajstić information content (AvgIpc) is 2.59. The van der Waals surface area contributed by atoms with E-state index in [1.807, 2.05) is 5.01 Å². The smallest absolute Gasteiger partial charge is 0.132 e. The molecule has 0 spiro atoms. The lowest BCUT2D eigenvalue weighted by Gasteiger charge is -2.33. The molecular weight excluding hydrogens is 369 g/mol. The third kappa shape index (κ3) is 4.65. The van der Waals surface area contributed by atoms with E-state index in [2.05, 4.69) is 57.1 Å². The van der Waals surface area contributed by atoms with E-state index in [9.17, 15) is 4.39 Å². The van der Waals surface area contributed by atoms with Crippen molar-refractivity contribution in [2.75, 3.05) is 26.2 Å². The van der Waals surface area contributed by atoms with E-state index in [1.165, 1.54) is 17.2 Å². The Hall–Kier alpha value is -1.72. The van der Waals surface area contributed by atoms with Crippen molar-refractivity contribution in [1.29, 1.82) is 0 Å². The molecule has 0 unspecified atom stereocenters. The summed E-state index contributed by atoms with van der Waals surface area (Å²) in [6.45, 7) is 6.72. The second-order valence-electron chi connectivity index (χ2n) is 6.13. The molecule has 3 nitrogen and oxygen atoms in total. The highest BCUT2D eigenvalue weighted by Gasteiger charge is 2.15. The summed E-state index contributed by atoms with van der Waals surface area (Å²) in [5.74, 6) is -0.250. The van der Waals surface area contributed by atoms with Gasteiger partial charge in [0, 0.05) is 42.8 Å². The van der Waals surface area contributed by atoms with Crippen molar-refractivity contribution >= 4 is 22.1 Å². The van der Waals surface area contributed by atoms with Crippen LogP contribution < -0.4 is 0 Å². The van der Waals surface area contributed by atoms with E-state index < -0.39 is 0 Å². The number of benzene rings is 2. The normalized spacial score (nSPS) is 16.0. The van der Waals surface area contributed by atoms with Crippen LogP contribution in [-0.4, -0.2) is 42.3 Å². The summed E-state index contributed by atoms with van der Waals surface area (Å²) in [5, 5.41) is 6.44. The van der Waals surface area contributed by atoms with E-state index in [0.717, 1.165) is 37.2 Å². The average molecular weight is 390 g/mol. The Morgan fingerprint density at radius 1 is 1.08 bits per heavy atom. The summed E-state index contributed by atoms with van der Waals surface area (Å²) < 4.78 is 14.6. The Morgan fingerprint density at radius 2 is 1.79 bits per heavy atom. The van der Waals surface area contributed by atoms with Crippen LogP contribution in [0.15, 0.2) is 52.0 Å². The molecule has 1 aliphatic rings. The maximum absolute atomic E-state index is 13.7. The van der Waals surface area contributed by atoms with Gasteiger partial charge in [0.2, 0.25) is 0 Å².